The van der Waals surface area contributed by atoms with Gasteiger partial charge in [0.2, 0.25) is 11.8 Å². The van der Waals surface area contributed by atoms with Crippen LogP contribution in [-0.4, -0.2) is 49.7 Å². The predicted molar refractivity (Wildman–Crippen MR) is 120 cm³/mol. The van der Waals surface area contributed by atoms with Crippen LogP contribution >= 0.6 is 0 Å². The van der Waals surface area contributed by atoms with Crippen LogP contribution in [0.2, 0.25) is 0 Å². The van der Waals surface area contributed by atoms with Gasteiger partial charge in [0.05, 0.1) is 6.04 Å². The Morgan fingerprint density at radius 3 is 2.52 bits per heavy atom. The zero-order valence-corrected chi connectivity index (χ0v) is 19.0. The summed E-state index contributed by atoms with van der Waals surface area (Å²) < 4.78 is 28.9. The van der Waals surface area contributed by atoms with Crippen LogP contribution in [0.1, 0.15) is 37.0 Å². The third kappa shape index (κ3) is 6.52. The van der Waals surface area contributed by atoms with Crippen LogP contribution in [0, 0.1) is 5.92 Å². The minimum Gasteiger partial charge on any atom is -0.438 e. The smallest absolute Gasteiger partial charge is 0.258 e. The van der Waals surface area contributed by atoms with Gasteiger partial charge in [0, 0.05) is 31.0 Å². The van der Waals surface area contributed by atoms with E-state index < -0.39 is 15.7 Å². The number of nitrogens with one attached hydrogen (secondary N) is 1. The SMILES string of the molecule is CC(C)N(C)c1ncc(C(=O)NC(/C=C/S(C)(=O)=O)C2CC2)c(Oc2ccccc2)n1. The van der Waals surface area contributed by atoms with Crippen LogP contribution in [0.5, 0.6) is 11.6 Å². The number of anilines is 1. The Bertz CT molecular complexity index is 1050. The van der Waals surface area contributed by atoms with Crippen molar-refractivity contribution >= 4 is 21.7 Å². The third-order valence-corrected chi connectivity index (χ3v) is 5.65. The number of carbonyl (C=O) groups excluding carboxylic acids is 1. The van der Waals surface area contributed by atoms with Gasteiger partial charge >= 0.3 is 0 Å². The lowest BCUT2D eigenvalue weighted by Crippen LogP contribution is -2.35. The Morgan fingerprint density at radius 1 is 1.26 bits per heavy atom. The Balaban J connectivity index is 1.90. The summed E-state index contributed by atoms with van der Waals surface area (Å²) in [6, 6.07) is 8.85. The second-order valence-electron chi connectivity index (χ2n) is 8.00. The van der Waals surface area contributed by atoms with Crippen molar-refractivity contribution in [2.45, 2.75) is 38.8 Å². The van der Waals surface area contributed by atoms with E-state index in [4.69, 9.17) is 4.74 Å². The van der Waals surface area contributed by atoms with E-state index in [-0.39, 0.29) is 29.4 Å². The summed E-state index contributed by atoms with van der Waals surface area (Å²) in [5.74, 6) is 0.924. The molecule has 166 valence electrons. The van der Waals surface area contributed by atoms with Crippen molar-refractivity contribution < 1.29 is 17.9 Å². The summed E-state index contributed by atoms with van der Waals surface area (Å²) in [6.07, 6.45) is 5.96. The number of benzene rings is 1. The van der Waals surface area contributed by atoms with Crippen LogP contribution in [0.4, 0.5) is 5.95 Å². The highest BCUT2D eigenvalue weighted by Crippen LogP contribution is 2.34. The number of nitrogens with zero attached hydrogens (tertiary/aromatic N) is 3. The van der Waals surface area contributed by atoms with Crippen LogP contribution in [0.15, 0.2) is 48.0 Å². The molecular weight excluding hydrogens is 416 g/mol. The zero-order chi connectivity index (χ0) is 22.6. The Hall–Kier alpha value is -2.94. The molecule has 1 unspecified atom stereocenters. The number of para-hydroxylation sites is 1. The van der Waals surface area contributed by atoms with Crippen molar-refractivity contribution in [2.24, 2.45) is 5.92 Å². The van der Waals surface area contributed by atoms with Gasteiger partial charge in [-0.25, -0.2) is 13.4 Å². The van der Waals surface area contributed by atoms with E-state index in [1.165, 1.54) is 12.3 Å². The summed E-state index contributed by atoms with van der Waals surface area (Å²) in [7, 11) is -1.42. The van der Waals surface area contributed by atoms with Crippen LogP contribution < -0.4 is 15.0 Å². The van der Waals surface area contributed by atoms with E-state index in [9.17, 15) is 13.2 Å². The molecule has 1 fully saturated rings. The lowest BCUT2D eigenvalue weighted by atomic mass is 10.1. The number of ether oxygens (including phenoxy) is 1. The van der Waals surface area contributed by atoms with E-state index in [1.54, 1.807) is 12.1 Å². The molecule has 1 aliphatic rings. The number of hydrogen-bond acceptors (Lipinski definition) is 7. The lowest BCUT2D eigenvalue weighted by Gasteiger charge is -2.22. The first-order valence-corrected chi connectivity index (χ1v) is 12.1. The van der Waals surface area contributed by atoms with E-state index >= 15 is 0 Å². The maximum Gasteiger partial charge on any atom is 0.258 e. The van der Waals surface area contributed by atoms with Crippen molar-refractivity contribution in [3.8, 4) is 11.6 Å². The third-order valence-electron chi connectivity index (χ3n) is 4.99. The van der Waals surface area contributed by atoms with Crippen molar-refractivity contribution in [2.75, 3.05) is 18.2 Å². The molecule has 0 saturated heterocycles. The summed E-state index contributed by atoms with van der Waals surface area (Å²) in [5, 5.41) is 4.04. The highest BCUT2D eigenvalue weighted by molar-refractivity contribution is 7.93. The normalized spacial score (nSPS) is 15.1. The van der Waals surface area contributed by atoms with E-state index in [2.05, 4.69) is 15.3 Å². The van der Waals surface area contributed by atoms with Crippen molar-refractivity contribution in [1.29, 1.82) is 0 Å². The number of sulfone groups is 1. The monoisotopic (exact) mass is 444 g/mol. The summed E-state index contributed by atoms with van der Waals surface area (Å²) in [6.45, 7) is 4.02. The van der Waals surface area contributed by atoms with Gasteiger partial charge in [-0.2, -0.15) is 4.98 Å². The number of rotatable bonds is 9. The van der Waals surface area contributed by atoms with Crippen molar-refractivity contribution in [3.63, 3.8) is 0 Å². The number of amides is 1. The molecular formula is C22H28N4O4S. The molecule has 0 spiro atoms. The quantitative estimate of drug-likeness (QED) is 0.634. The molecule has 1 aliphatic carbocycles. The molecule has 2 aromatic rings. The molecule has 0 aliphatic heterocycles. The average Bonchev–Trinajstić information content (AvgIpc) is 3.55. The maximum absolute atomic E-state index is 13.1. The molecule has 0 bridgehead atoms. The first-order chi connectivity index (χ1) is 14.6. The highest BCUT2D eigenvalue weighted by Gasteiger charge is 2.32. The van der Waals surface area contributed by atoms with Crippen molar-refractivity contribution in [3.05, 3.63) is 53.6 Å². The molecule has 1 amide bonds. The van der Waals surface area contributed by atoms with Gasteiger partial charge in [0.25, 0.3) is 5.91 Å². The zero-order valence-electron chi connectivity index (χ0n) is 18.1. The fourth-order valence-corrected chi connectivity index (χ4v) is 3.28. The minimum atomic E-state index is -3.28. The number of aromatic nitrogens is 2. The fourth-order valence-electron chi connectivity index (χ4n) is 2.83. The van der Waals surface area contributed by atoms with Gasteiger partial charge in [-0.05, 0) is 44.7 Å². The van der Waals surface area contributed by atoms with Gasteiger partial charge in [-0.1, -0.05) is 24.3 Å². The summed E-state index contributed by atoms with van der Waals surface area (Å²) in [4.78, 5) is 23.8. The van der Waals surface area contributed by atoms with Crippen LogP contribution in [0.3, 0.4) is 0 Å². The second kappa shape index (κ2) is 9.47. The van der Waals surface area contributed by atoms with E-state index in [1.807, 2.05) is 44.0 Å². The minimum absolute atomic E-state index is 0.142. The Labute approximate surface area is 183 Å². The maximum atomic E-state index is 13.1. The molecule has 1 heterocycles. The van der Waals surface area contributed by atoms with Crippen molar-refractivity contribution in [1.82, 2.24) is 15.3 Å². The largest absolute Gasteiger partial charge is 0.438 e. The summed E-state index contributed by atoms with van der Waals surface area (Å²) >= 11 is 0. The van der Waals surface area contributed by atoms with Gasteiger partial charge < -0.3 is 15.0 Å². The molecule has 9 heteroatoms. The average molecular weight is 445 g/mol. The van der Waals surface area contributed by atoms with Crippen LogP contribution in [-0.2, 0) is 9.84 Å². The molecule has 3 rings (SSSR count). The number of carbonyl (C=O) groups is 1. The summed E-state index contributed by atoms with van der Waals surface area (Å²) in [5.41, 5.74) is 0.183. The first kappa shape index (κ1) is 22.7. The molecule has 1 atom stereocenters. The van der Waals surface area contributed by atoms with Crippen LogP contribution in [0.25, 0.3) is 0 Å². The fraction of sp³-hybridized carbons (Fsp3) is 0.409. The molecule has 1 N–H and O–H groups in total. The standard InChI is InChI=1S/C22H28N4O4S/c1-15(2)26(3)22-23-14-18(21(25-22)30-17-8-6-5-7-9-17)20(27)24-19(16-10-11-16)12-13-31(4,28)29/h5-9,12-16,19H,10-11H2,1-4H3,(H,24,27)/b13-12+. The van der Waals surface area contributed by atoms with Gasteiger partial charge in [-0.15, -0.1) is 0 Å². The molecule has 1 saturated carbocycles. The predicted octanol–water partition coefficient (Wildman–Crippen LogP) is 3.18. The molecule has 1 aromatic carbocycles. The van der Waals surface area contributed by atoms with Gasteiger partial charge in [0.15, 0.2) is 9.84 Å². The van der Waals surface area contributed by atoms with Gasteiger partial charge in [0.1, 0.15) is 11.3 Å². The molecule has 31 heavy (non-hydrogen) atoms. The second-order valence-corrected chi connectivity index (χ2v) is 9.93. The Kier molecular flexibility index (Phi) is 6.94. The highest BCUT2D eigenvalue weighted by atomic mass is 32.2. The molecule has 1 aromatic heterocycles. The van der Waals surface area contributed by atoms with E-state index in [0.717, 1.165) is 24.5 Å². The first-order valence-electron chi connectivity index (χ1n) is 10.2. The van der Waals surface area contributed by atoms with E-state index in [0.29, 0.717) is 11.7 Å². The topological polar surface area (TPSA) is 101 Å². The number of hydrogen-bond donors (Lipinski definition) is 1. The molecule has 0 radical (unpaired) electrons. The molecule has 8 nitrogen and oxygen atoms in total. The Morgan fingerprint density at radius 2 is 1.94 bits per heavy atom. The lowest BCUT2D eigenvalue weighted by molar-refractivity contribution is 0.0937. The van der Waals surface area contributed by atoms with Gasteiger partial charge in [-0.3, -0.25) is 4.79 Å².